The van der Waals surface area contributed by atoms with Gasteiger partial charge in [-0.1, -0.05) is 44.2 Å². The van der Waals surface area contributed by atoms with E-state index >= 15 is 0 Å². The molecule has 0 bridgehead atoms. The van der Waals surface area contributed by atoms with Crippen LogP contribution in [0.1, 0.15) is 26.8 Å². The molecule has 0 saturated heterocycles. The highest BCUT2D eigenvalue weighted by molar-refractivity contribution is 5.79. The Morgan fingerprint density at radius 2 is 2.00 bits per heavy atom. The van der Waals surface area contributed by atoms with Gasteiger partial charge in [0.05, 0.1) is 0 Å². The zero-order chi connectivity index (χ0) is 17.0. The molecule has 1 atom stereocenters. The van der Waals surface area contributed by atoms with E-state index in [9.17, 15) is 4.79 Å². The third kappa shape index (κ3) is 4.13. The van der Waals surface area contributed by atoms with E-state index in [-0.39, 0.29) is 11.3 Å². The molecule has 1 unspecified atom stereocenters. The van der Waals surface area contributed by atoms with Crippen LogP contribution in [0.25, 0.3) is 11.4 Å². The number of hydrogen-bond donors (Lipinski definition) is 1. The van der Waals surface area contributed by atoms with E-state index in [0.717, 1.165) is 5.56 Å². The fourth-order valence-electron chi connectivity index (χ4n) is 2.29. The molecule has 7 nitrogen and oxygen atoms in total. The predicted molar refractivity (Wildman–Crippen MR) is 88.4 cm³/mol. The first-order valence-corrected chi connectivity index (χ1v) is 7.64. The van der Waals surface area contributed by atoms with E-state index in [4.69, 9.17) is 5.73 Å². The SMILES string of the molecule is CC(C(=O)N(C)CC(C)(C)CN)n1nnc(-c2ccccc2)n1. The fourth-order valence-corrected chi connectivity index (χ4v) is 2.29. The lowest BCUT2D eigenvalue weighted by atomic mass is 9.93. The van der Waals surface area contributed by atoms with Gasteiger partial charge in [0.25, 0.3) is 0 Å². The first-order chi connectivity index (χ1) is 10.8. The summed E-state index contributed by atoms with van der Waals surface area (Å²) in [6.45, 7) is 6.92. The van der Waals surface area contributed by atoms with E-state index < -0.39 is 6.04 Å². The fraction of sp³-hybridized carbons (Fsp3) is 0.500. The number of rotatable bonds is 6. The molecule has 1 amide bonds. The molecule has 23 heavy (non-hydrogen) atoms. The van der Waals surface area contributed by atoms with Gasteiger partial charge < -0.3 is 10.6 Å². The van der Waals surface area contributed by atoms with Crippen molar-refractivity contribution in [2.24, 2.45) is 11.1 Å². The van der Waals surface area contributed by atoms with Gasteiger partial charge in [0.2, 0.25) is 11.7 Å². The Hall–Kier alpha value is -2.28. The maximum absolute atomic E-state index is 12.5. The lowest BCUT2D eigenvalue weighted by molar-refractivity contribution is -0.134. The Bertz CT molecular complexity index is 652. The monoisotopic (exact) mass is 316 g/mol. The number of carbonyl (C=O) groups excluding carboxylic acids is 1. The minimum absolute atomic E-state index is 0.0662. The summed E-state index contributed by atoms with van der Waals surface area (Å²) in [5.74, 6) is 0.443. The minimum atomic E-state index is -0.515. The quantitative estimate of drug-likeness (QED) is 0.868. The molecule has 0 saturated carbocycles. The highest BCUT2D eigenvalue weighted by Gasteiger charge is 2.26. The average Bonchev–Trinajstić information content (AvgIpc) is 3.04. The number of benzene rings is 1. The molecule has 2 aromatic rings. The number of aromatic nitrogens is 4. The average molecular weight is 316 g/mol. The molecule has 7 heteroatoms. The normalized spacial score (nSPS) is 12.9. The second-order valence-corrected chi connectivity index (χ2v) is 6.54. The molecule has 1 heterocycles. The smallest absolute Gasteiger partial charge is 0.248 e. The lowest BCUT2D eigenvalue weighted by Crippen LogP contribution is -2.42. The number of likely N-dealkylation sites (N-methyl/N-ethyl adjacent to an activating group) is 1. The zero-order valence-electron chi connectivity index (χ0n) is 14.1. The van der Waals surface area contributed by atoms with Crippen molar-refractivity contribution in [3.05, 3.63) is 30.3 Å². The topological polar surface area (TPSA) is 89.9 Å². The second-order valence-electron chi connectivity index (χ2n) is 6.54. The Morgan fingerprint density at radius 1 is 1.35 bits per heavy atom. The summed E-state index contributed by atoms with van der Waals surface area (Å²) in [6.07, 6.45) is 0. The van der Waals surface area contributed by atoms with Crippen molar-refractivity contribution in [1.29, 1.82) is 0 Å². The molecule has 0 fully saturated rings. The van der Waals surface area contributed by atoms with Gasteiger partial charge in [0.15, 0.2) is 0 Å². The van der Waals surface area contributed by atoms with Crippen LogP contribution in [0.3, 0.4) is 0 Å². The Balaban J connectivity index is 2.10. The van der Waals surface area contributed by atoms with Gasteiger partial charge in [-0.2, -0.15) is 4.80 Å². The molecule has 0 aliphatic rings. The van der Waals surface area contributed by atoms with Gasteiger partial charge >= 0.3 is 0 Å². The summed E-state index contributed by atoms with van der Waals surface area (Å²) < 4.78 is 0. The molecule has 1 aromatic heterocycles. The van der Waals surface area contributed by atoms with Crippen molar-refractivity contribution in [2.75, 3.05) is 20.1 Å². The number of nitrogens with zero attached hydrogens (tertiary/aromatic N) is 5. The number of amides is 1. The molecular weight excluding hydrogens is 292 g/mol. The number of hydrogen-bond acceptors (Lipinski definition) is 5. The molecule has 124 valence electrons. The Labute approximate surface area is 136 Å². The summed E-state index contributed by atoms with van der Waals surface area (Å²) in [7, 11) is 1.77. The van der Waals surface area contributed by atoms with Gasteiger partial charge in [-0.25, -0.2) is 0 Å². The first-order valence-electron chi connectivity index (χ1n) is 7.64. The third-order valence-electron chi connectivity index (χ3n) is 3.76. The standard InChI is InChI=1S/C16H24N6O/c1-12(15(23)21(4)11-16(2,3)10-17)22-19-14(18-20-22)13-8-6-5-7-9-13/h5-9,12H,10-11,17H2,1-4H3. The number of tetrazole rings is 1. The van der Waals surface area contributed by atoms with E-state index in [1.54, 1.807) is 18.9 Å². The molecule has 2 rings (SSSR count). The van der Waals surface area contributed by atoms with E-state index in [2.05, 4.69) is 15.4 Å². The van der Waals surface area contributed by atoms with Gasteiger partial charge in [-0.3, -0.25) is 4.79 Å². The molecule has 2 N–H and O–H groups in total. The van der Waals surface area contributed by atoms with Crippen LogP contribution in [0.4, 0.5) is 0 Å². The first kappa shape index (κ1) is 17.1. The van der Waals surface area contributed by atoms with Gasteiger partial charge in [0.1, 0.15) is 6.04 Å². The van der Waals surface area contributed by atoms with E-state index in [1.165, 1.54) is 4.80 Å². The number of nitrogens with two attached hydrogens (primary N) is 1. The van der Waals surface area contributed by atoms with Gasteiger partial charge in [0, 0.05) is 19.2 Å². The molecule has 0 aliphatic heterocycles. The summed E-state index contributed by atoms with van der Waals surface area (Å²) >= 11 is 0. The Morgan fingerprint density at radius 3 is 2.61 bits per heavy atom. The molecular formula is C16H24N6O. The van der Waals surface area contributed by atoms with Gasteiger partial charge in [-0.05, 0) is 24.1 Å². The van der Waals surface area contributed by atoms with Crippen molar-refractivity contribution >= 4 is 5.91 Å². The summed E-state index contributed by atoms with van der Waals surface area (Å²) in [4.78, 5) is 15.6. The number of carbonyl (C=O) groups is 1. The molecule has 0 aliphatic carbocycles. The summed E-state index contributed by atoms with van der Waals surface area (Å²) in [5, 5.41) is 12.4. The highest BCUT2D eigenvalue weighted by Crippen LogP contribution is 2.17. The van der Waals surface area contributed by atoms with Crippen molar-refractivity contribution < 1.29 is 4.79 Å². The van der Waals surface area contributed by atoms with Crippen LogP contribution in [0.2, 0.25) is 0 Å². The van der Waals surface area contributed by atoms with Crippen LogP contribution in [0, 0.1) is 5.41 Å². The zero-order valence-corrected chi connectivity index (χ0v) is 14.1. The van der Waals surface area contributed by atoms with Gasteiger partial charge in [-0.15, -0.1) is 10.2 Å². The van der Waals surface area contributed by atoms with Crippen molar-refractivity contribution in [3.63, 3.8) is 0 Å². The van der Waals surface area contributed by atoms with E-state index in [0.29, 0.717) is 18.9 Å². The maximum atomic E-state index is 12.5. The van der Waals surface area contributed by atoms with Crippen LogP contribution in [-0.4, -0.2) is 51.2 Å². The minimum Gasteiger partial charge on any atom is -0.343 e. The Kier molecular flexibility index (Phi) is 5.10. The van der Waals surface area contributed by atoms with Crippen molar-refractivity contribution in [3.8, 4) is 11.4 Å². The molecule has 1 aromatic carbocycles. The third-order valence-corrected chi connectivity index (χ3v) is 3.76. The van der Waals surface area contributed by atoms with Crippen molar-refractivity contribution in [1.82, 2.24) is 25.1 Å². The molecule has 0 spiro atoms. The second kappa shape index (κ2) is 6.87. The highest BCUT2D eigenvalue weighted by atomic mass is 16.2. The summed E-state index contributed by atoms with van der Waals surface area (Å²) in [5.41, 5.74) is 6.47. The maximum Gasteiger partial charge on any atom is 0.248 e. The van der Waals surface area contributed by atoms with Crippen LogP contribution >= 0.6 is 0 Å². The van der Waals surface area contributed by atoms with Crippen molar-refractivity contribution in [2.45, 2.75) is 26.8 Å². The molecule has 0 radical (unpaired) electrons. The summed E-state index contributed by atoms with van der Waals surface area (Å²) in [6, 6.07) is 9.04. The van der Waals surface area contributed by atoms with E-state index in [1.807, 2.05) is 44.2 Å². The van der Waals surface area contributed by atoms with Crippen LogP contribution in [-0.2, 0) is 4.79 Å². The van der Waals surface area contributed by atoms with Crippen LogP contribution in [0.5, 0.6) is 0 Å². The lowest BCUT2D eigenvalue weighted by Gasteiger charge is -2.30. The van der Waals surface area contributed by atoms with Crippen LogP contribution < -0.4 is 5.73 Å². The van der Waals surface area contributed by atoms with Crippen LogP contribution in [0.15, 0.2) is 30.3 Å². The predicted octanol–water partition coefficient (Wildman–Crippen LogP) is 1.34. The largest absolute Gasteiger partial charge is 0.343 e.